The Morgan fingerprint density at radius 3 is 2.38 bits per heavy atom. The van der Waals surface area contributed by atoms with Crippen molar-refractivity contribution in [1.29, 1.82) is 0 Å². The van der Waals surface area contributed by atoms with Crippen LogP contribution in [0.3, 0.4) is 0 Å². The van der Waals surface area contributed by atoms with Gasteiger partial charge in [0.05, 0.1) is 5.69 Å². The van der Waals surface area contributed by atoms with E-state index in [0.717, 1.165) is 16.8 Å². The van der Waals surface area contributed by atoms with Crippen LogP contribution in [0.1, 0.15) is 5.56 Å². The summed E-state index contributed by atoms with van der Waals surface area (Å²) in [4.78, 5) is 4.26. The molecule has 1 aromatic carbocycles. The van der Waals surface area contributed by atoms with Gasteiger partial charge in [0.25, 0.3) is 0 Å². The zero-order valence-electron chi connectivity index (χ0n) is 8.73. The first-order valence-electron chi connectivity index (χ1n) is 5.11. The molecule has 0 atom stereocenters. The molecule has 2 aromatic rings. The van der Waals surface area contributed by atoms with Crippen LogP contribution in [0.5, 0.6) is 0 Å². The molecule has 2 rings (SSSR count). The molecule has 0 aliphatic carbocycles. The van der Waals surface area contributed by atoms with Gasteiger partial charge in [-0.3, -0.25) is 4.98 Å². The highest BCUT2D eigenvalue weighted by molar-refractivity contribution is 5.58. The molecule has 0 spiro atoms. The summed E-state index contributed by atoms with van der Waals surface area (Å²) < 4.78 is 12.7. The Morgan fingerprint density at radius 1 is 1.06 bits per heavy atom. The average Bonchev–Trinajstić information content (AvgIpc) is 2.32. The second-order valence-corrected chi connectivity index (χ2v) is 3.53. The molecule has 0 saturated heterocycles. The molecule has 82 valence electrons. The van der Waals surface area contributed by atoms with Crippen LogP contribution in [0.4, 0.5) is 4.39 Å². The fourth-order valence-corrected chi connectivity index (χ4v) is 1.49. The minimum atomic E-state index is -0.249. The largest absolute Gasteiger partial charge is 0.396 e. The van der Waals surface area contributed by atoms with E-state index >= 15 is 0 Å². The Hall–Kier alpha value is -1.74. The molecule has 0 amide bonds. The first kappa shape index (κ1) is 10.8. The van der Waals surface area contributed by atoms with Gasteiger partial charge in [-0.05, 0) is 42.3 Å². The Morgan fingerprint density at radius 2 is 1.81 bits per heavy atom. The van der Waals surface area contributed by atoms with E-state index in [1.165, 1.54) is 12.1 Å². The van der Waals surface area contributed by atoms with Crippen molar-refractivity contribution < 1.29 is 9.50 Å². The monoisotopic (exact) mass is 217 g/mol. The lowest BCUT2D eigenvalue weighted by molar-refractivity contribution is 0.299. The highest BCUT2D eigenvalue weighted by Gasteiger charge is 1.99. The van der Waals surface area contributed by atoms with Crippen molar-refractivity contribution in [3.8, 4) is 11.3 Å². The highest BCUT2D eigenvalue weighted by atomic mass is 19.1. The van der Waals surface area contributed by atoms with Crippen LogP contribution in [0, 0.1) is 5.82 Å². The number of rotatable bonds is 3. The lowest BCUT2D eigenvalue weighted by Crippen LogP contribution is -1.92. The molecule has 0 unspecified atom stereocenters. The van der Waals surface area contributed by atoms with Crippen molar-refractivity contribution in [3.05, 3.63) is 54.0 Å². The summed E-state index contributed by atoms with van der Waals surface area (Å²) in [5.41, 5.74) is 2.69. The van der Waals surface area contributed by atoms with Gasteiger partial charge in [0, 0.05) is 18.4 Å². The molecule has 0 saturated carbocycles. The first-order valence-corrected chi connectivity index (χ1v) is 5.11. The van der Waals surface area contributed by atoms with Crippen molar-refractivity contribution >= 4 is 0 Å². The lowest BCUT2D eigenvalue weighted by Gasteiger charge is -2.02. The Labute approximate surface area is 93.4 Å². The van der Waals surface area contributed by atoms with Gasteiger partial charge in [-0.15, -0.1) is 0 Å². The number of hydrogen-bond acceptors (Lipinski definition) is 2. The maximum atomic E-state index is 12.7. The molecular formula is C13H12FNO. The number of pyridine rings is 1. The minimum Gasteiger partial charge on any atom is -0.396 e. The molecule has 0 aliphatic heterocycles. The third-order valence-corrected chi connectivity index (χ3v) is 2.37. The molecule has 0 radical (unpaired) electrons. The highest BCUT2D eigenvalue weighted by Crippen LogP contribution is 2.17. The number of halogens is 1. The predicted molar refractivity (Wildman–Crippen MR) is 60.4 cm³/mol. The number of aliphatic hydroxyl groups excluding tert-OH is 1. The summed E-state index contributed by atoms with van der Waals surface area (Å²) in [6, 6.07) is 10.0. The fourth-order valence-electron chi connectivity index (χ4n) is 1.49. The van der Waals surface area contributed by atoms with Gasteiger partial charge in [-0.2, -0.15) is 0 Å². The van der Waals surface area contributed by atoms with E-state index in [4.69, 9.17) is 5.11 Å². The van der Waals surface area contributed by atoms with Crippen LogP contribution >= 0.6 is 0 Å². The van der Waals surface area contributed by atoms with E-state index in [1.807, 2.05) is 12.1 Å². The third kappa shape index (κ3) is 2.44. The number of nitrogens with zero attached hydrogens (tertiary/aromatic N) is 1. The number of aromatic nitrogens is 1. The van der Waals surface area contributed by atoms with Gasteiger partial charge < -0.3 is 5.11 Å². The summed E-state index contributed by atoms with van der Waals surface area (Å²) >= 11 is 0. The van der Waals surface area contributed by atoms with Gasteiger partial charge in [0.2, 0.25) is 0 Å². The quantitative estimate of drug-likeness (QED) is 0.856. The van der Waals surface area contributed by atoms with Crippen LogP contribution in [0.15, 0.2) is 42.6 Å². The van der Waals surface area contributed by atoms with Gasteiger partial charge >= 0.3 is 0 Å². The standard InChI is InChI=1S/C13H12FNO/c14-12-4-2-11(3-5-12)13-6-1-10(7-8-16)9-15-13/h1-6,9,16H,7-8H2. The van der Waals surface area contributed by atoms with Gasteiger partial charge in [-0.1, -0.05) is 6.07 Å². The molecule has 3 heteroatoms. The zero-order valence-corrected chi connectivity index (χ0v) is 8.73. The normalized spacial score (nSPS) is 10.4. The fraction of sp³-hybridized carbons (Fsp3) is 0.154. The van der Waals surface area contributed by atoms with Crippen LogP contribution in [-0.4, -0.2) is 16.7 Å². The zero-order chi connectivity index (χ0) is 11.4. The molecule has 16 heavy (non-hydrogen) atoms. The smallest absolute Gasteiger partial charge is 0.123 e. The van der Waals surface area contributed by atoms with E-state index in [0.29, 0.717) is 6.42 Å². The average molecular weight is 217 g/mol. The SMILES string of the molecule is OCCc1ccc(-c2ccc(F)cc2)nc1. The van der Waals surface area contributed by atoms with Crippen molar-refractivity contribution in [2.45, 2.75) is 6.42 Å². The molecule has 2 nitrogen and oxygen atoms in total. The number of aliphatic hydroxyl groups is 1. The molecule has 1 heterocycles. The van der Waals surface area contributed by atoms with Gasteiger partial charge in [0.1, 0.15) is 5.82 Å². The Kier molecular flexibility index (Phi) is 3.27. The molecule has 0 aliphatic rings. The van der Waals surface area contributed by atoms with Gasteiger partial charge in [0.15, 0.2) is 0 Å². The summed E-state index contributed by atoms with van der Waals surface area (Å²) in [6.07, 6.45) is 2.34. The summed E-state index contributed by atoms with van der Waals surface area (Å²) in [5, 5.41) is 8.77. The lowest BCUT2D eigenvalue weighted by atomic mass is 10.1. The van der Waals surface area contributed by atoms with E-state index in [9.17, 15) is 4.39 Å². The van der Waals surface area contributed by atoms with E-state index in [1.54, 1.807) is 18.3 Å². The van der Waals surface area contributed by atoms with E-state index in [2.05, 4.69) is 4.98 Å². The number of hydrogen-bond donors (Lipinski definition) is 1. The molecule has 0 fully saturated rings. The molecule has 1 aromatic heterocycles. The van der Waals surface area contributed by atoms with E-state index in [-0.39, 0.29) is 12.4 Å². The second-order valence-electron chi connectivity index (χ2n) is 3.53. The minimum absolute atomic E-state index is 0.123. The second kappa shape index (κ2) is 4.86. The third-order valence-electron chi connectivity index (χ3n) is 2.37. The Balaban J connectivity index is 2.24. The van der Waals surface area contributed by atoms with Crippen LogP contribution in [0.2, 0.25) is 0 Å². The molecule has 1 N–H and O–H groups in total. The molecule has 0 bridgehead atoms. The van der Waals surface area contributed by atoms with Crippen molar-refractivity contribution in [2.75, 3.05) is 6.61 Å². The van der Waals surface area contributed by atoms with Crippen LogP contribution in [-0.2, 0) is 6.42 Å². The first-order chi connectivity index (χ1) is 7.79. The summed E-state index contributed by atoms with van der Waals surface area (Å²) in [7, 11) is 0. The van der Waals surface area contributed by atoms with Crippen molar-refractivity contribution in [2.24, 2.45) is 0 Å². The molecular weight excluding hydrogens is 205 g/mol. The maximum Gasteiger partial charge on any atom is 0.123 e. The van der Waals surface area contributed by atoms with Crippen LogP contribution in [0.25, 0.3) is 11.3 Å². The summed E-state index contributed by atoms with van der Waals surface area (Å²) in [6.45, 7) is 0.123. The van der Waals surface area contributed by atoms with E-state index < -0.39 is 0 Å². The van der Waals surface area contributed by atoms with Crippen LogP contribution < -0.4 is 0 Å². The van der Waals surface area contributed by atoms with Gasteiger partial charge in [-0.25, -0.2) is 4.39 Å². The van der Waals surface area contributed by atoms with Crippen molar-refractivity contribution in [1.82, 2.24) is 4.98 Å². The Bertz CT molecular complexity index is 450. The summed E-state index contributed by atoms with van der Waals surface area (Å²) in [5.74, 6) is -0.249. The predicted octanol–water partition coefficient (Wildman–Crippen LogP) is 2.42. The topological polar surface area (TPSA) is 33.1 Å². The van der Waals surface area contributed by atoms with Crippen molar-refractivity contribution in [3.63, 3.8) is 0 Å². The maximum absolute atomic E-state index is 12.7. The number of benzene rings is 1.